The maximum absolute atomic E-state index is 12.2. The van der Waals surface area contributed by atoms with Gasteiger partial charge in [-0.15, -0.1) is 0 Å². The Morgan fingerprint density at radius 2 is 1.81 bits per heavy atom. The van der Waals surface area contributed by atoms with Crippen LogP contribution in [-0.2, 0) is 14.6 Å². The van der Waals surface area contributed by atoms with Gasteiger partial charge in [0.25, 0.3) is 0 Å². The first-order chi connectivity index (χ1) is 9.69. The number of hydrogen-bond donors (Lipinski definition) is 1. The number of nitrogens with two attached hydrogens (primary N) is 1. The molecular formula is C15H30N2O3S. The maximum Gasteiger partial charge on any atom is 0.239 e. The maximum atomic E-state index is 12.2. The smallest absolute Gasteiger partial charge is 0.239 e. The van der Waals surface area contributed by atoms with Crippen molar-refractivity contribution in [3.63, 3.8) is 0 Å². The predicted molar refractivity (Wildman–Crippen MR) is 85.7 cm³/mol. The Bertz CT molecular complexity index is 426. The molecular weight excluding hydrogens is 288 g/mol. The van der Waals surface area contributed by atoms with E-state index in [-0.39, 0.29) is 18.1 Å². The van der Waals surface area contributed by atoms with E-state index in [9.17, 15) is 13.2 Å². The number of amides is 1. The van der Waals surface area contributed by atoms with Crippen LogP contribution in [0.15, 0.2) is 0 Å². The molecule has 1 unspecified atom stereocenters. The molecule has 1 amide bonds. The Morgan fingerprint density at radius 1 is 1.24 bits per heavy atom. The zero-order valence-electron chi connectivity index (χ0n) is 13.5. The van der Waals surface area contributed by atoms with Crippen LogP contribution in [0.25, 0.3) is 0 Å². The van der Waals surface area contributed by atoms with E-state index < -0.39 is 15.9 Å². The van der Waals surface area contributed by atoms with Gasteiger partial charge in [0.2, 0.25) is 5.91 Å². The number of rotatable bonds is 7. The average molecular weight is 318 g/mol. The molecule has 1 rings (SSSR count). The number of sulfone groups is 1. The van der Waals surface area contributed by atoms with Crippen LogP contribution < -0.4 is 5.73 Å². The van der Waals surface area contributed by atoms with Gasteiger partial charge in [-0.05, 0) is 31.1 Å². The third kappa shape index (κ3) is 7.27. The number of piperidine rings is 1. The van der Waals surface area contributed by atoms with E-state index in [2.05, 4.69) is 13.8 Å². The molecule has 1 aliphatic rings. The molecule has 1 aliphatic heterocycles. The summed E-state index contributed by atoms with van der Waals surface area (Å²) in [7, 11) is -3.06. The molecule has 0 aromatic heterocycles. The fourth-order valence-electron chi connectivity index (χ4n) is 2.71. The molecule has 6 heteroatoms. The van der Waals surface area contributed by atoms with Gasteiger partial charge in [-0.3, -0.25) is 4.79 Å². The normalized spacial score (nSPS) is 19.0. The molecule has 0 bridgehead atoms. The van der Waals surface area contributed by atoms with Crippen LogP contribution in [0.1, 0.15) is 46.0 Å². The van der Waals surface area contributed by atoms with Gasteiger partial charge in [0.15, 0.2) is 0 Å². The lowest BCUT2D eigenvalue weighted by Gasteiger charge is -2.33. The van der Waals surface area contributed by atoms with E-state index in [0.717, 1.165) is 31.8 Å². The molecule has 1 fully saturated rings. The fourth-order valence-corrected chi connectivity index (χ4v) is 3.39. The van der Waals surface area contributed by atoms with Crippen molar-refractivity contribution < 1.29 is 13.2 Å². The summed E-state index contributed by atoms with van der Waals surface area (Å²) in [5.74, 6) is 1.32. The van der Waals surface area contributed by atoms with Crippen molar-refractivity contribution in [2.75, 3.05) is 25.1 Å². The lowest BCUT2D eigenvalue weighted by molar-refractivity contribution is -0.134. The standard InChI is InChI=1S/C15H30N2O3S/c1-12(2)4-5-13-6-9-17(10-7-13)15(18)14(16)8-11-21(3,19)20/h12-14H,4-11,16H2,1-3H3. The highest BCUT2D eigenvalue weighted by atomic mass is 32.2. The number of carbonyl (C=O) groups is 1. The summed E-state index contributed by atoms with van der Waals surface area (Å²) < 4.78 is 22.2. The summed E-state index contributed by atoms with van der Waals surface area (Å²) in [4.78, 5) is 14.0. The van der Waals surface area contributed by atoms with Crippen molar-refractivity contribution in [1.29, 1.82) is 0 Å². The first kappa shape index (κ1) is 18.4. The Hall–Kier alpha value is -0.620. The molecule has 1 saturated heterocycles. The molecule has 0 aromatic rings. The number of nitrogens with zero attached hydrogens (tertiary/aromatic N) is 1. The first-order valence-electron chi connectivity index (χ1n) is 7.91. The molecule has 0 aliphatic carbocycles. The summed E-state index contributed by atoms with van der Waals surface area (Å²) in [5.41, 5.74) is 5.83. The molecule has 0 aromatic carbocycles. The van der Waals surface area contributed by atoms with E-state index in [0.29, 0.717) is 5.92 Å². The van der Waals surface area contributed by atoms with Crippen LogP contribution in [0.3, 0.4) is 0 Å². The van der Waals surface area contributed by atoms with Crippen LogP contribution in [-0.4, -0.2) is 50.4 Å². The summed E-state index contributed by atoms with van der Waals surface area (Å²) in [5, 5.41) is 0. The van der Waals surface area contributed by atoms with Crippen molar-refractivity contribution in [3.05, 3.63) is 0 Å². The van der Waals surface area contributed by atoms with Crippen LogP contribution >= 0.6 is 0 Å². The van der Waals surface area contributed by atoms with E-state index in [1.54, 1.807) is 4.90 Å². The monoisotopic (exact) mass is 318 g/mol. The minimum absolute atomic E-state index is 0.0231. The second kappa shape index (κ2) is 8.13. The van der Waals surface area contributed by atoms with Gasteiger partial charge >= 0.3 is 0 Å². The zero-order valence-corrected chi connectivity index (χ0v) is 14.4. The highest BCUT2D eigenvalue weighted by Gasteiger charge is 2.26. The molecule has 2 N–H and O–H groups in total. The van der Waals surface area contributed by atoms with Crippen LogP contribution in [0.4, 0.5) is 0 Å². The van der Waals surface area contributed by atoms with Crippen molar-refractivity contribution >= 4 is 15.7 Å². The van der Waals surface area contributed by atoms with Crippen molar-refractivity contribution in [2.45, 2.75) is 52.0 Å². The Labute approximate surface area is 129 Å². The van der Waals surface area contributed by atoms with Gasteiger partial charge in [-0.25, -0.2) is 8.42 Å². The lowest BCUT2D eigenvalue weighted by atomic mass is 9.89. The third-order valence-corrected chi connectivity index (χ3v) is 5.17. The number of likely N-dealkylation sites (tertiary alicyclic amines) is 1. The molecule has 1 atom stereocenters. The minimum atomic E-state index is -3.06. The molecule has 124 valence electrons. The quantitative estimate of drug-likeness (QED) is 0.770. The van der Waals surface area contributed by atoms with Gasteiger partial charge < -0.3 is 10.6 Å². The molecule has 1 heterocycles. The minimum Gasteiger partial charge on any atom is -0.341 e. The average Bonchev–Trinajstić information content (AvgIpc) is 2.41. The van der Waals surface area contributed by atoms with Gasteiger partial charge in [0, 0.05) is 19.3 Å². The van der Waals surface area contributed by atoms with Crippen LogP contribution in [0.2, 0.25) is 0 Å². The topological polar surface area (TPSA) is 80.5 Å². The van der Waals surface area contributed by atoms with Crippen molar-refractivity contribution in [2.24, 2.45) is 17.6 Å². The van der Waals surface area contributed by atoms with Gasteiger partial charge in [0.05, 0.1) is 11.8 Å². The highest BCUT2D eigenvalue weighted by molar-refractivity contribution is 7.90. The van der Waals surface area contributed by atoms with Crippen molar-refractivity contribution in [3.8, 4) is 0 Å². The van der Waals surface area contributed by atoms with Gasteiger partial charge in [-0.1, -0.05) is 26.7 Å². The van der Waals surface area contributed by atoms with E-state index in [1.807, 2.05) is 0 Å². The van der Waals surface area contributed by atoms with Gasteiger partial charge in [0.1, 0.15) is 9.84 Å². The van der Waals surface area contributed by atoms with Crippen molar-refractivity contribution in [1.82, 2.24) is 4.90 Å². The second-order valence-corrected chi connectivity index (χ2v) is 9.02. The predicted octanol–water partition coefficient (Wildman–Crippen LogP) is 1.42. The Kier molecular flexibility index (Phi) is 7.13. The SMILES string of the molecule is CC(C)CCC1CCN(C(=O)C(N)CCS(C)(=O)=O)CC1. The summed E-state index contributed by atoms with van der Waals surface area (Å²) in [6.07, 6.45) is 5.94. The van der Waals surface area contributed by atoms with Crippen LogP contribution in [0, 0.1) is 11.8 Å². The molecule has 0 radical (unpaired) electrons. The van der Waals surface area contributed by atoms with E-state index in [1.165, 1.54) is 19.1 Å². The summed E-state index contributed by atoms with van der Waals surface area (Å²) in [6.45, 7) is 5.99. The summed E-state index contributed by atoms with van der Waals surface area (Å²) >= 11 is 0. The van der Waals surface area contributed by atoms with E-state index in [4.69, 9.17) is 5.73 Å². The molecule has 0 spiro atoms. The second-order valence-electron chi connectivity index (χ2n) is 6.76. The first-order valence-corrected chi connectivity index (χ1v) is 9.97. The number of carbonyl (C=O) groups excluding carboxylic acids is 1. The van der Waals surface area contributed by atoms with Gasteiger partial charge in [-0.2, -0.15) is 0 Å². The largest absolute Gasteiger partial charge is 0.341 e. The Morgan fingerprint density at radius 3 is 2.29 bits per heavy atom. The fraction of sp³-hybridized carbons (Fsp3) is 0.933. The van der Waals surface area contributed by atoms with E-state index >= 15 is 0 Å². The molecule has 5 nitrogen and oxygen atoms in total. The molecule has 0 saturated carbocycles. The summed E-state index contributed by atoms with van der Waals surface area (Å²) in [6, 6.07) is -0.688. The molecule has 21 heavy (non-hydrogen) atoms. The Balaban J connectivity index is 2.34. The van der Waals surface area contributed by atoms with Crippen LogP contribution in [0.5, 0.6) is 0 Å². The highest BCUT2D eigenvalue weighted by Crippen LogP contribution is 2.24. The zero-order chi connectivity index (χ0) is 16.0. The third-order valence-electron chi connectivity index (χ3n) is 4.20. The number of hydrogen-bond acceptors (Lipinski definition) is 4. The lowest BCUT2D eigenvalue weighted by Crippen LogP contribution is -2.47.